The Balaban J connectivity index is 2.23. The number of nitriles is 1. The molecule has 2 rings (SSSR count). The van der Waals surface area contributed by atoms with Crippen molar-refractivity contribution in [2.75, 3.05) is 5.32 Å². The van der Waals surface area contributed by atoms with Crippen LogP contribution in [0.2, 0.25) is 0 Å². The number of carbonyl (C=O) groups is 1. The molecule has 1 atom stereocenters. The van der Waals surface area contributed by atoms with Gasteiger partial charge in [0, 0.05) is 5.69 Å². The number of aliphatic hydroxyl groups is 1. The SMILES string of the molecule is CC(O)(Cn1cncc1Br)C(=O)Nc1ccc(C#N)c(C(F)(F)F)c1. The number of imidazole rings is 1. The zero-order valence-electron chi connectivity index (χ0n) is 12.8. The molecule has 0 spiro atoms. The zero-order valence-corrected chi connectivity index (χ0v) is 14.4. The van der Waals surface area contributed by atoms with Gasteiger partial charge in [0.05, 0.1) is 36.3 Å². The fourth-order valence-corrected chi connectivity index (χ4v) is 2.38. The lowest BCUT2D eigenvalue weighted by Crippen LogP contribution is -2.43. The van der Waals surface area contributed by atoms with Crippen molar-refractivity contribution in [2.45, 2.75) is 25.2 Å². The number of carbonyl (C=O) groups excluding carboxylic acids is 1. The quantitative estimate of drug-likeness (QED) is 0.801. The van der Waals surface area contributed by atoms with Crippen molar-refractivity contribution < 1.29 is 23.1 Å². The van der Waals surface area contributed by atoms with Crippen LogP contribution < -0.4 is 5.32 Å². The van der Waals surface area contributed by atoms with Crippen LogP contribution in [-0.4, -0.2) is 26.2 Å². The molecule has 2 N–H and O–H groups in total. The fraction of sp³-hybridized carbons (Fsp3) is 0.267. The van der Waals surface area contributed by atoms with E-state index in [1.165, 1.54) is 30.1 Å². The second-order valence-electron chi connectivity index (χ2n) is 5.44. The Hall–Kier alpha value is -2.38. The molecule has 0 radical (unpaired) electrons. The number of hydrogen-bond donors (Lipinski definition) is 2. The molecule has 0 fully saturated rings. The molecule has 25 heavy (non-hydrogen) atoms. The Morgan fingerprint density at radius 2 is 2.16 bits per heavy atom. The van der Waals surface area contributed by atoms with Crippen molar-refractivity contribution in [2.24, 2.45) is 0 Å². The van der Waals surface area contributed by atoms with E-state index in [1.54, 1.807) is 0 Å². The molecule has 1 heterocycles. The van der Waals surface area contributed by atoms with Crippen LogP contribution in [0.5, 0.6) is 0 Å². The van der Waals surface area contributed by atoms with E-state index in [4.69, 9.17) is 5.26 Å². The topological polar surface area (TPSA) is 90.9 Å². The summed E-state index contributed by atoms with van der Waals surface area (Å²) >= 11 is 3.18. The first-order valence-corrected chi connectivity index (χ1v) is 7.64. The largest absolute Gasteiger partial charge is 0.417 e. The minimum absolute atomic E-state index is 0.165. The summed E-state index contributed by atoms with van der Waals surface area (Å²) in [5, 5.41) is 21.3. The lowest BCUT2D eigenvalue weighted by atomic mass is 10.0. The van der Waals surface area contributed by atoms with Crippen molar-refractivity contribution >= 4 is 27.5 Å². The van der Waals surface area contributed by atoms with Gasteiger partial charge in [-0.05, 0) is 41.1 Å². The molecule has 0 bridgehead atoms. The molecule has 132 valence electrons. The van der Waals surface area contributed by atoms with Gasteiger partial charge >= 0.3 is 6.18 Å². The summed E-state index contributed by atoms with van der Waals surface area (Å²) in [6, 6.07) is 4.22. The van der Waals surface area contributed by atoms with Crippen molar-refractivity contribution in [3.63, 3.8) is 0 Å². The molecule has 1 aromatic carbocycles. The number of amides is 1. The molecule has 0 aliphatic rings. The number of benzene rings is 1. The highest BCUT2D eigenvalue weighted by Gasteiger charge is 2.35. The highest BCUT2D eigenvalue weighted by atomic mass is 79.9. The number of aromatic nitrogens is 2. The Bertz CT molecular complexity index is 840. The predicted octanol–water partition coefficient (Wildman–Crippen LogP) is 2.93. The summed E-state index contributed by atoms with van der Waals surface area (Å²) in [4.78, 5) is 16.1. The lowest BCUT2D eigenvalue weighted by Gasteiger charge is -2.23. The maximum absolute atomic E-state index is 13.0. The molecule has 0 aliphatic carbocycles. The third-order valence-corrected chi connectivity index (χ3v) is 3.99. The van der Waals surface area contributed by atoms with Crippen LogP contribution in [0.4, 0.5) is 18.9 Å². The molecule has 2 aromatic rings. The summed E-state index contributed by atoms with van der Waals surface area (Å²) in [5.74, 6) is -0.897. The van der Waals surface area contributed by atoms with E-state index in [1.807, 2.05) is 0 Å². The van der Waals surface area contributed by atoms with E-state index >= 15 is 0 Å². The highest BCUT2D eigenvalue weighted by molar-refractivity contribution is 9.10. The van der Waals surface area contributed by atoms with Crippen molar-refractivity contribution in [1.82, 2.24) is 9.55 Å². The van der Waals surface area contributed by atoms with Crippen LogP contribution in [0.3, 0.4) is 0 Å². The van der Waals surface area contributed by atoms with Gasteiger partial charge in [-0.15, -0.1) is 0 Å². The predicted molar refractivity (Wildman–Crippen MR) is 85.3 cm³/mol. The maximum atomic E-state index is 13.0. The first-order chi connectivity index (χ1) is 11.5. The van der Waals surface area contributed by atoms with Gasteiger partial charge in [-0.25, -0.2) is 4.98 Å². The van der Waals surface area contributed by atoms with Gasteiger partial charge in [0.15, 0.2) is 5.60 Å². The van der Waals surface area contributed by atoms with Gasteiger partial charge < -0.3 is 15.0 Å². The average Bonchev–Trinajstić information content (AvgIpc) is 2.90. The Labute approximate surface area is 149 Å². The van der Waals surface area contributed by atoms with Gasteiger partial charge in [0.2, 0.25) is 0 Å². The molecule has 0 aliphatic heterocycles. The molecular formula is C15H12BrF3N4O2. The van der Waals surface area contributed by atoms with Crippen LogP contribution in [0, 0.1) is 11.3 Å². The van der Waals surface area contributed by atoms with Crippen LogP contribution in [-0.2, 0) is 17.5 Å². The molecular weight excluding hydrogens is 405 g/mol. The van der Waals surface area contributed by atoms with E-state index in [0.29, 0.717) is 10.7 Å². The molecule has 0 saturated carbocycles. The minimum atomic E-state index is -4.74. The van der Waals surface area contributed by atoms with Crippen molar-refractivity contribution in [3.05, 3.63) is 46.5 Å². The normalized spacial score (nSPS) is 13.8. The van der Waals surface area contributed by atoms with Gasteiger partial charge in [0.1, 0.15) is 4.60 Å². The summed E-state index contributed by atoms with van der Waals surface area (Å²) in [6.45, 7) is 1.06. The van der Waals surface area contributed by atoms with E-state index in [0.717, 1.165) is 12.1 Å². The van der Waals surface area contributed by atoms with Crippen LogP contribution in [0.1, 0.15) is 18.1 Å². The van der Waals surface area contributed by atoms with Crippen LogP contribution >= 0.6 is 15.9 Å². The molecule has 1 aromatic heterocycles. The van der Waals surface area contributed by atoms with E-state index in [9.17, 15) is 23.1 Å². The Morgan fingerprint density at radius 1 is 1.48 bits per heavy atom. The third kappa shape index (κ3) is 4.37. The molecule has 6 nitrogen and oxygen atoms in total. The lowest BCUT2D eigenvalue weighted by molar-refractivity contribution is -0.138. The number of hydrogen-bond acceptors (Lipinski definition) is 4. The maximum Gasteiger partial charge on any atom is 0.417 e. The van der Waals surface area contributed by atoms with Gasteiger partial charge in [-0.2, -0.15) is 18.4 Å². The number of nitrogens with zero attached hydrogens (tertiary/aromatic N) is 3. The number of nitrogens with one attached hydrogen (secondary N) is 1. The first-order valence-electron chi connectivity index (χ1n) is 6.85. The van der Waals surface area contributed by atoms with Crippen molar-refractivity contribution in [3.8, 4) is 6.07 Å². The molecule has 1 unspecified atom stereocenters. The van der Waals surface area contributed by atoms with Crippen molar-refractivity contribution in [1.29, 1.82) is 5.26 Å². The second kappa shape index (κ2) is 6.85. The van der Waals surface area contributed by atoms with Gasteiger partial charge in [-0.3, -0.25) is 4.79 Å². The monoisotopic (exact) mass is 416 g/mol. The Morgan fingerprint density at radius 3 is 2.68 bits per heavy atom. The average molecular weight is 417 g/mol. The highest BCUT2D eigenvalue weighted by Crippen LogP contribution is 2.33. The summed E-state index contributed by atoms with van der Waals surface area (Å²) in [5.41, 5.74) is -3.80. The number of alkyl halides is 3. The standard InChI is InChI=1S/C15H12BrF3N4O2/c1-14(25,7-23-8-21-6-12(23)16)13(24)22-10-3-2-9(5-20)11(4-10)15(17,18)19/h2-4,6,8,25H,7H2,1H3,(H,22,24). The Kier molecular flexibility index (Phi) is 5.20. The zero-order chi connectivity index (χ0) is 18.8. The summed E-state index contributed by atoms with van der Waals surface area (Å²) in [6.07, 6.45) is -1.89. The number of anilines is 1. The van der Waals surface area contributed by atoms with E-state index in [-0.39, 0.29) is 12.2 Å². The van der Waals surface area contributed by atoms with Gasteiger partial charge in [0.25, 0.3) is 5.91 Å². The number of rotatable bonds is 4. The molecule has 1 amide bonds. The minimum Gasteiger partial charge on any atom is -0.378 e. The fourth-order valence-electron chi connectivity index (χ4n) is 2.04. The van der Waals surface area contributed by atoms with Crippen LogP contribution in [0.15, 0.2) is 35.3 Å². The third-order valence-electron chi connectivity index (χ3n) is 3.33. The number of halogens is 4. The molecule has 10 heteroatoms. The second-order valence-corrected chi connectivity index (χ2v) is 6.25. The summed E-state index contributed by atoms with van der Waals surface area (Å²) in [7, 11) is 0. The van der Waals surface area contributed by atoms with Crippen LogP contribution in [0.25, 0.3) is 0 Å². The van der Waals surface area contributed by atoms with E-state index < -0.39 is 28.8 Å². The molecule has 0 saturated heterocycles. The smallest absolute Gasteiger partial charge is 0.378 e. The first kappa shape index (κ1) is 19.0. The van der Waals surface area contributed by atoms with E-state index in [2.05, 4.69) is 26.2 Å². The van der Waals surface area contributed by atoms with Gasteiger partial charge in [-0.1, -0.05) is 0 Å². The summed E-state index contributed by atoms with van der Waals surface area (Å²) < 4.78 is 40.8.